The number of terminal acetylenes is 1. The zero-order valence-electron chi connectivity index (χ0n) is 7.81. The van der Waals surface area contributed by atoms with E-state index in [-0.39, 0.29) is 3.42 Å². The van der Waals surface area contributed by atoms with E-state index in [0.29, 0.717) is 5.78 Å². The molecule has 2 heteroatoms. The molecular formula is C11H15IO. The van der Waals surface area contributed by atoms with Gasteiger partial charge in [0.15, 0.2) is 0 Å². The van der Waals surface area contributed by atoms with Gasteiger partial charge in [0.2, 0.25) is 0 Å². The summed E-state index contributed by atoms with van der Waals surface area (Å²) >= 11 is 2.34. The molecule has 1 saturated carbocycles. The molecule has 1 aliphatic carbocycles. The molecule has 0 aliphatic heterocycles. The molecule has 1 rings (SSSR count). The maximum atomic E-state index is 11.7. The molecule has 0 heterocycles. The summed E-state index contributed by atoms with van der Waals surface area (Å²) in [6.45, 7) is 0. The van der Waals surface area contributed by atoms with Crippen LogP contribution >= 0.6 is 22.6 Å². The smallest absolute Gasteiger partial charge is 0.148 e. The van der Waals surface area contributed by atoms with Gasteiger partial charge in [-0.15, -0.1) is 12.3 Å². The predicted molar refractivity (Wildman–Crippen MR) is 62.9 cm³/mol. The molecule has 13 heavy (non-hydrogen) atoms. The normalized spacial score (nSPS) is 28.5. The van der Waals surface area contributed by atoms with Crippen LogP contribution in [0, 0.1) is 12.3 Å². The first-order valence-corrected chi connectivity index (χ1v) is 5.92. The molecule has 0 saturated heterocycles. The van der Waals surface area contributed by atoms with Gasteiger partial charge in [0, 0.05) is 12.8 Å². The highest BCUT2D eigenvalue weighted by molar-refractivity contribution is 14.1. The van der Waals surface area contributed by atoms with Crippen LogP contribution in [0.25, 0.3) is 0 Å². The molecule has 0 amide bonds. The van der Waals surface area contributed by atoms with E-state index < -0.39 is 0 Å². The Hall–Kier alpha value is -0.0400. The van der Waals surface area contributed by atoms with Gasteiger partial charge in [-0.05, 0) is 25.7 Å². The fourth-order valence-electron chi connectivity index (χ4n) is 1.79. The van der Waals surface area contributed by atoms with Crippen LogP contribution in [-0.4, -0.2) is 9.20 Å². The van der Waals surface area contributed by atoms with Crippen LogP contribution in [-0.2, 0) is 4.79 Å². The highest BCUT2D eigenvalue weighted by atomic mass is 127. The molecule has 1 fully saturated rings. The highest BCUT2D eigenvalue weighted by Gasteiger charge is 2.35. The topological polar surface area (TPSA) is 17.1 Å². The molecule has 72 valence electrons. The minimum Gasteiger partial charge on any atom is -0.298 e. The number of halogens is 1. The minimum absolute atomic E-state index is 0.0765. The largest absolute Gasteiger partial charge is 0.298 e. The fourth-order valence-corrected chi connectivity index (χ4v) is 2.82. The van der Waals surface area contributed by atoms with Crippen molar-refractivity contribution in [3.8, 4) is 12.3 Å². The van der Waals surface area contributed by atoms with Crippen molar-refractivity contribution in [1.82, 2.24) is 0 Å². The third kappa shape index (κ3) is 2.98. The van der Waals surface area contributed by atoms with Crippen LogP contribution in [0.1, 0.15) is 44.9 Å². The summed E-state index contributed by atoms with van der Waals surface area (Å²) in [5.41, 5.74) is 0. The first-order valence-electron chi connectivity index (χ1n) is 4.85. The van der Waals surface area contributed by atoms with Crippen molar-refractivity contribution < 1.29 is 4.79 Å². The van der Waals surface area contributed by atoms with Crippen molar-refractivity contribution in [1.29, 1.82) is 0 Å². The summed E-state index contributed by atoms with van der Waals surface area (Å²) in [4.78, 5) is 11.7. The van der Waals surface area contributed by atoms with Gasteiger partial charge in [-0.1, -0.05) is 29.0 Å². The molecule has 0 aromatic carbocycles. The predicted octanol–water partition coefficient (Wildman–Crippen LogP) is 3.11. The summed E-state index contributed by atoms with van der Waals surface area (Å²) in [6.07, 6.45) is 12.1. The lowest BCUT2D eigenvalue weighted by Gasteiger charge is -2.29. The molecule has 0 spiro atoms. The Balaban J connectivity index is 2.43. The number of Topliss-reactive ketones (excluding diaryl/α,β-unsaturated/α-hetero) is 1. The first-order chi connectivity index (χ1) is 6.19. The second-order valence-corrected chi connectivity index (χ2v) is 5.72. The Bertz CT molecular complexity index is 229. The fraction of sp³-hybridized carbons (Fsp3) is 0.727. The molecule has 0 N–H and O–H groups in total. The van der Waals surface area contributed by atoms with Crippen LogP contribution < -0.4 is 0 Å². The minimum atomic E-state index is -0.0765. The summed E-state index contributed by atoms with van der Waals surface area (Å²) in [5.74, 6) is 3.07. The van der Waals surface area contributed by atoms with Gasteiger partial charge >= 0.3 is 0 Å². The van der Waals surface area contributed by atoms with E-state index in [2.05, 4.69) is 28.5 Å². The maximum Gasteiger partial charge on any atom is 0.148 e. The van der Waals surface area contributed by atoms with Crippen LogP contribution in [0.3, 0.4) is 0 Å². The first kappa shape index (κ1) is 11.0. The average Bonchev–Trinajstić information content (AvgIpc) is 2.11. The third-order valence-corrected chi connectivity index (χ3v) is 4.30. The molecule has 0 aromatic rings. The Morgan fingerprint density at radius 2 is 2.31 bits per heavy atom. The van der Waals surface area contributed by atoms with E-state index in [1.807, 2.05) is 0 Å². The lowest BCUT2D eigenvalue weighted by molar-refractivity contribution is -0.122. The quantitative estimate of drug-likeness (QED) is 0.338. The van der Waals surface area contributed by atoms with Gasteiger partial charge in [-0.25, -0.2) is 0 Å². The van der Waals surface area contributed by atoms with E-state index in [1.54, 1.807) is 0 Å². The molecular weight excluding hydrogens is 275 g/mol. The number of carbonyl (C=O) groups is 1. The second-order valence-electron chi connectivity index (χ2n) is 3.65. The third-order valence-electron chi connectivity index (χ3n) is 2.62. The van der Waals surface area contributed by atoms with Gasteiger partial charge in [-0.3, -0.25) is 4.79 Å². The van der Waals surface area contributed by atoms with E-state index in [0.717, 1.165) is 38.5 Å². The number of hydrogen-bond acceptors (Lipinski definition) is 1. The summed E-state index contributed by atoms with van der Waals surface area (Å²) in [7, 11) is 0. The lowest BCUT2D eigenvalue weighted by atomic mass is 9.84. The average molecular weight is 290 g/mol. The number of ketones is 1. The van der Waals surface area contributed by atoms with Crippen molar-refractivity contribution in [2.75, 3.05) is 0 Å². The molecule has 1 atom stereocenters. The second kappa shape index (κ2) is 4.99. The van der Waals surface area contributed by atoms with Gasteiger partial charge in [0.05, 0.1) is 3.42 Å². The van der Waals surface area contributed by atoms with Crippen molar-refractivity contribution >= 4 is 28.4 Å². The summed E-state index contributed by atoms with van der Waals surface area (Å²) < 4.78 is -0.0765. The Morgan fingerprint density at radius 3 is 2.92 bits per heavy atom. The molecule has 1 nitrogen and oxygen atoms in total. The number of rotatable bonds is 3. The molecule has 0 bridgehead atoms. The number of carbonyl (C=O) groups excluding carboxylic acids is 1. The van der Waals surface area contributed by atoms with Gasteiger partial charge in [-0.2, -0.15) is 0 Å². The van der Waals surface area contributed by atoms with Crippen molar-refractivity contribution in [3.05, 3.63) is 0 Å². The van der Waals surface area contributed by atoms with Gasteiger partial charge in [0.25, 0.3) is 0 Å². The number of unbranched alkanes of at least 4 members (excludes halogenated alkanes) is 1. The Kier molecular flexibility index (Phi) is 4.24. The van der Waals surface area contributed by atoms with E-state index in [4.69, 9.17) is 6.42 Å². The van der Waals surface area contributed by atoms with E-state index >= 15 is 0 Å². The maximum absolute atomic E-state index is 11.7. The molecule has 1 aliphatic rings. The SMILES string of the molecule is C#CCCCC1(I)CCCCC1=O. The Labute approximate surface area is 93.8 Å². The number of hydrogen-bond donors (Lipinski definition) is 0. The summed E-state index contributed by atoms with van der Waals surface area (Å²) in [5, 5.41) is 0. The van der Waals surface area contributed by atoms with Crippen LogP contribution in [0.4, 0.5) is 0 Å². The van der Waals surface area contributed by atoms with Crippen molar-refractivity contribution in [2.24, 2.45) is 0 Å². The zero-order chi connectivity index (χ0) is 9.73. The van der Waals surface area contributed by atoms with Crippen molar-refractivity contribution in [3.63, 3.8) is 0 Å². The van der Waals surface area contributed by atoms with E-state index in [9.17, 15) is 4.79 Å². The van der Waals surface area contributed by atoms with Gasteiger partial charge in [0.1, 0.15) is 5.78 Å². The molecule has 1 unspecified atom stereocenters. The molecule has 0 aromatic heterocycles. The van der Waals surface area contributed by atoms with Crippen LogP contribution in [0.15, 0.2) is 0 Å². The van der Waals surface area contributed by atoms with Crippen LogP contribution in [0.5, 0.6) is 0 Å². The van der Waals surface area contributed by atoms with Gasteiger partial charge < -0.3 is 0 Å². The Morgan fingerprint density at radius 1 is 1.54 bits per heavy atom. The molecule has 0 radical (unpaired) electrons. The monoisotopic (exact) mass is 290 g/mol. The number of alkyl halides is 1. The zero-order valence-corrected chi connectivity index (χ0v) is 9.97. The summed E-state index contributed by atoms with van der Waals surface area (Å²) in [6, 6.07) is 0. The highest BCUT2D eigenvalue weighted by Crippen LogP contribution is 2.37. The van der Waals surface area contributed by atoms with Crippen molar-refractivity contribution in [2.45, 2.75) is 48.4 Å². The van der Waals surface area contributed by atoms with Crippen LogP contribution in [0.2, 0.25) is 0 Å². The van der Waals surface area contributed by atoms with E-state index in [1.165, 1.54) is 6.42 Å². The standard InChI is InChI=1S/C11H15IO/c1-2-3-5-8-11(12)9-6-4-7-10(11)13/h1H,3-9H2. The lowest BCUT2D eigenvalue weighted by Crippen LogP contribution is -2.34.